The van der Waals surface area contributed by atoms with Crippen LogP contribution in [0, 0.1) is 10.8 Å². The molecule has 4 nitrogen and oxygen atoms in total. The summed E-state index contributed by atoms with van der Waals surface area (Å²) in [5.74, 6) is 0.853. The van der Waals surface area contributed by atoms with Crippen LogP contribution >= 0.6 is 11.3 Å². The first-order valence-corrected chi connectivity index (χ1v) is 21.5. The molecule has 0 aliphatic heterocycles. The lowest BCUT2D eigenvalue weighted by Crippen LogP contribution is -2.31. The van der Waals surface area contributed by atoms with Gasteiger partial charge in [0.05, 0.1) is 17.8 Å². The average molecular weight is 643 g/mol. The third kappa shape index (κ3) is 11.4. The second-order valence-corrected chi connectivity index (χ2v) is 19.4. The SMILES string of the molecule is CCC(=CC=CC(O)(CC)CC)c1ccc(COc2ccc(C(O[Si](C)C)C(C)(C)C)c(C(O[Si](C)C)C(C)(C)C)c2)s1. The van der Waals surface area contributed by atoms with Crippen LogP contribution in [0.2, 0.25) is 26.2 Å². The average Bonchev–Trinajstić information content (AvgIpc) is 3.39. The molecule has 2 radical (unpaired) electrons. The number of benzene rings is 1. The molecule has 1 aromatic heterocycles. The van der Waals surface area contributed by atoms with Crippen molar-refractivity contribution in [3.05, 3.63) is 69.4 Å². The summed E-state index contributed by atoms with van der Waals surface area (Å²) >= 11 is 1.77. The number of rotatable bonds is 15. The van der Waals surface area contributed by atoms with Crippen molar-refractivity contribution >= 4 is 35.0 Å². The molecule has 240 valence electrons. The molecular weight excluding hydrogens is 585 g/mol. The number of hydrogen-bond acceptors (Lipinski definition) is 5. The molecule has 0 bridgehead atoms. The minimum Gasteiger partial charge on any atom is -0.488 e. The second kappa shape index (κ2) is 16.2. The van der Waals surface area contributed by atoms with Gasteiger partial charge in [0.15, 0.2) is 0 Å². The number of ether oxygens (including phenoxy) is 1. The fourth-order valence-electron chi connectivity index (χ4n) is 4.98. The number of thiophene rings is 1. The van der Waals surface area contributed by atoms with E-state index in [0.29, 0.717) is 19.4 Å². The van der Waals surface area contributed by atoms with E-state index in [0.717, 1.165) is 12.2 Å². The molecule has 1 aromatic carbocycles. The van der Waals surface area contributed by atoms with Crippen molar-refractivity contribution in [2.45, 2.75) is 132 Å². The Morgan fingerprint density at radius 1 is 0.837 bits per heavy atom. The first-order valence-electron chi connectivity index (χ1n) is 15.8. The normalized spacial score (nSPS) is 15.1. The lowest BCUT2D eigenvalue weighted by atomic mass is 9.77. The van der Waals surface area contributed by atoms with Crippen molar-refractivity contribution in [2.24, 2.45) is 10.8 Å². The minimum atomic E-state index is -0.953. The third-order valence-corrected chi connectivity index (χ3v) is 10.1. The fourth-order valence-corrected chi connectivity index (χ4v) is 7.90. The zero-order chi connectivity index (χ0) is 32.6. The molecule has 1 N–H and O–H groups in total. The molecule has 2 unspecified atom stereocenters. The van der Waals surface area contributed by atoms with Crippen molar-refractivity contribution in [3.8, 4) is 5.75 Å². The molecule has 7 heteroatoms. The highest BCUT2D eigenvalue weighted by molar-refractivity contribution is 7.13. The van der Waals surface area contributed by atoms with Crippen molar-refractivity contribution in [1.29, 1.82) is 0 Å². The first kappa shape index (κ1) is 37.7. The number of hydrogen-bond donors (Lipinski definition) is 1. The van der Waals surface area contributed by atoms with Gasteiger partial charge in [-0.3, -0.25) is 0 Å². The maximum absolute atomic E-state index is 10.6. The van der Waals surface area contributed by atoms with E-state index in [4.69, 9.17) is 13.6 Å². The fraction of sp³-hybridized carbons (Fsp3) is 0.611. The zero-order valence-corrected chi connectivity index (χ0v) is 32.0. The van der Waals surface area contributed by atoms with Crippen LogP contribution in [0.25, 0.3) is 5.57 Å². The zero-order valence-electron chi connectivity index (χ0n) is 29.2. The van der Waals surface area contributed by atoms with Crippen molar-refractivity contribution in [2.75, 3.05) is 0 Å². The Morgan fingerprint density at radius 2 is 1.40 bits per heavy atom. The van der Waals surface area contributed by atoms with Gasteiger partial charge in [0.1, 0.15) is 12.4 Å². The first-order chi connectivity index (χ1) is 19.9. The molecule has 2 rings (SSSR count). The summed E-state index contributed by atoms with van der Waals surface area (Å²) in [4.78, 5) is 2.42. The van der Waals surface area contributed by atoms with Gasteiger partial charge in [-0.2, -0.15) is 0 Å². The summed E-state index contributed by atoms with van der Waals surface area (Å²) in [7, 11) is -1.88. The van der Waals surface area contributed by atoms with Crippen molar-refractivity contribution in [3.63, 3.8) is 0 Å². The maximum atomic E-state index is 10.6. The highest BCUT2D eigenvalue weighted by atomic mass is 32.1. The van der Waals surface area contributed by atoms with Gasteiger partial charge < -0.3 is 18.7 Å². The van der Waals surface area contributed by atoms with E-state index in [1.54, 1.807) is 11.3 Å². The number of allylic oxidation sites excluding steroid dienone is 3. The van der Waals surface area contributed by atoms with Crippen LogP contribution < -0.4 is 4.74 Å². The van der Waals surface area contributed by atoms with Crippen LogP contribution in [0.1, 0.15) is 115 Å². The molecule has 2 aromatic rings. The molecule has 1 heterocycles. The predicted octanol–water partition coefficient (Wildman–Crippen LogP) is 10.9. The van der Waals surface area contributed by atoms with Crippen LogP contribution in [-0.4, -0.2) is 28.8 Å². The molecule has 43 heavy (non-hydrogen) atoms. The lowest BCUT2D eigenvalue weighted by molar-refractivity contribution is 0.0653. The Hall–Kier alpha value is -1.49. The van der Waals surface area contributed by atoms with E-state index in [2.05, 4.69) is 111 Å². The maximum Gasteiger partial charge on any atom is 0.205 e. The van der Waals surface area contributed by atoms with E-state index >= 15 is 0 Å². The van der Waals surface area contributed by atoms with Gasteiger partial charge >= 0.3 is 0 Å². The summed E-state index contributed by atoms with van der Waals surface area (Å²) in [6.45, 7) is 29.1. The third-order valence-electron chi connectivity index (χ3n) is 7.57. The number of aliphatic hydroxyl groups is 1. The van der Waals surface area contributed by atoms with E-state index < -0.39 is 23.7 Å². The molecule has 0 saturated carbocycles. The molecular formula is C36H58O4SSi2. The summed E-state index contributed by atoms with van der Waals surface area (Å²) in [5, 5.41) is 10.6. The highest BCUT2D eigenvalue weighted by Gasteiger charge is 2.36. The van der Waals surface area contributed by atoms with Crippen LogP contribution in [0.4, 0.5) is 0 Å². The molecule has 2 atom stereocenters. The largest absolute Gasteiger partial charge is 0.488 e. The van der Waals surface area contributed by atoms with E-state index in [9.17, 15) is 5.11 Å². The molecule has 0 fully saturated rings. The van der Waals surface area contributed by atoms with E-state index in [1.165, 1.54) is 26.5 Å². The second-order valence-electron chi connectivity index (χ2n) is 14.1. The van der Waals surface area contributed by atoms with E-state index in [1.807, 2.05) is 26.0 Å². The quantitative estimate of drug-likeness (QED) is 0.155. The van der Waals surface area contributed by atoms with Gasteiger partial charge in [0.2, 0.25) is 18.1 Å². The van der Waals surface area contributed by atoms with Crippen LogP contribution in [0.5, 0.6) is 5.75 Å². The topological polar surface area (TPSA) is 47.9 Å². The highest BCUT2D eigenvalue weighted by Crippen LogP contribution is 2.46. The van der Waals surface area contributed by atoms with Gasteiger partial charge in [0.25, 0.3) is 0 Å². The van der Waals surface area contributed by atoms with Gasteiger partial charge in [-0.15, -0.1) is 11.3 Å². The van der Waals surface area contributed by atoms with Gasteiger partial charge in [-0.25, -0.2) is 0 Å². The standard InChI is InChI=1S/C36H58O4SSi2/c1-14-26(18-17-23-36(37,15-2)16-3)31-22-20-28(41-31)25-38-27-19-21-29(32(34(4,5)6)39-42(10)11)30(24-27)33(35(7,8)9)40-43(12)13/h17-24,32-33,37H,14-16,25H2,1-13H3. The van der Waals surface area contributed by atoms with Crippen molar-refractivity contribution in [1.82, 2.24) is 0 Å². The Kier molecular flexibility index (Phi) is 14.2. The Bertz CT molecular complexity index is 1200. The predicted molar refractivity (Wildman–Crippen MR) is 190 cm³/mol. The monoisotopic (exact) mass is 642 g/mol. The lowest BCUT2D eigenvalue weighted by Gasteiger charge is -2.39. The van der Waals surface area contributed by atoms with Crippen LogP contribution in [-0.2, 0) is 15.5 Å². The summed E-state index contributed by atoms with van der Waals surface area (Å²) in [6.07, 6.45) is 8.32. The molecule has 0 aliphatic rings. The Morgan fingerprint density at radius 3 is 1.88 bits per heavy atom. The molecule has 0 aliphatic carbocycles. The van der Waals surface area contributed by atoms with Crippen LogP contribution in [0.3, 0.4) is 0 Å². The summed E-state index contributed by atoms with van der Waals surface area (Å²) in [6, 6.07) is 10.9. The molecule has 0 amide bonds. The minimum absolute atomic E-state index is 0.0305. The Labute approximate surface area is 271 Å². The smallest absolute Gasteiger partial charge is 0.205 e. The Balaban J connectivity index is 2.42. The summed E-state index contributed by atoms with van der Waals surface area (Å²) < 4.78 is 19.8. The van der Waals surface area contributed by atoms with Gasteiger partial charge in [0, 0.05) is 9.75 Å². The van der Waals surface area contributed by atoms with E-state index in [-0.39, 0.29) is 23.0 Å². The van der Waals surface area contributed by atoms with Crippen LogP contribution in [0.15, 0.2) is 48.6 Å². The molecule has 0 saturated heterocycles. The van der Waals surface area contributed by atoms with Crippen molar-refractivity contribution < 1.29 is 18.7 Å². The molecule has 0 spiro atoms. The van der Waals surface area contributed by atoms with Gasteiger partial charge in [-0.1, -0.05) is 86.6 Å². The van der Waals surface area contributed by atoms with Gasteiger partial charge in [-0.05, 0) is 97.2 Å². The summed E-state index contributed by atoms with van der Waals surface area (Å²) in [5.41, 5.74) is 2.75.